The predicted octanol–water partition coefficient (Wildman–Crippen LogP) is 2.97. The minimum atomic E-state index is 0. The fraction of sp³-hybridized carbons (Fsp3) is 0.409. The van der Waals surface area contributed by atoms with E-state index in [9.17, 15) is 0 Å². The zero-order valence-electron chi connectivity index (χ0n) is 18.0. The summed E-state index contributed by atoms with van der Waals surface area (Å²) in [5, 5.41) is 15.2. The Morgan fingerprint density at radius 2 is 1.80 bits per heavy atom. The summed E-state index contributed by atoms with van der Waals surface area (Å²) in [5.74, 6) is 1.76. The van der Waals surface area contributed by atoms with Crippen LogP contribution < -0.4 is 10.6 Å². The number of nitrogens with one attached hydrogen (secondary N) is 2. The minimum absolute atomic E-state index is 0. The molecule has 0 bridgehead atoms. The fourth-order valence-electron chi connectivity index (χ4n) is 3.22. The Bertz CT molecular complexity index is 910. The van der Waals surface area contributed by atoms with E-state index in [4.69, 9.17) is 0 Å². The number of benzene rings is 1. The van der Waals surface area contributed by atoms with E-state index in [1.807, 2.05) is 28.8 Å². The van der Waals surface area contributed by atoms with Crippen LogP contribution in [0.3, 0.4) is 0 Å². The highest BCUT2D eigenvalue weighted by Gasteiger charge is 2.10. The van der Waals surface area contributed by atoms with Crippen LogP contribution in [0.4, 0.5) is 0 Å². The summed E-state index contributed by atoms with van der Waals surface area (Å²) in [6, 6.07) is 17.0. The van der Waals surface area contributed by atoms with Gasteiger partial charge in [0.1, 0.15) is 5.82 Å². The average Bonchev–Trinajstić information content (AvgIpc) is 3.16. The van der Waals surface area contributed by atoms with E-state index in [0.717, 1.165) is 49.9 Å². The Morgan fingerprint density at radius 1 is 1.07 bits per heavy atom. The molecule has 0 radical (unpaired) electrons. The Morgan fingerprint density at radius 3 is 2.57 bits per heavy atom. The number of hydrogen-bond acceptors (Lipinski definition) is 4. The Labute approximate surface area is 196 Å². The topological polar surface area (TPSA) is 69.8 Å². The third-order valence-corrected chi connectivity index (χ3v) is 5.13. The second kappa shape index (κ2) is 12.5. The van der Waals surface area contributed by atoms with Crippen LogP contribution in [0.1, 0.15) is 24.7 Å². The summed E-state index contributed by atoms with van der Waals surface area (Å²) < 4.78 is 2.02. The summed E-state index contributed by atoms with van der Waals surface area (Å²) in [6.45, 7) is 4.84. The highest BCUT2D eigenvalue weighted by Crippen LogP contribution is 2.08. The van der Waals surface area contributed by atoms with Gasteiger partial charge in [-0.3, -0.25) is 14.3 Å². The number of pyridine rings is 1. The molecule has 0 fully saturated rings. The molecule has 7 nitrogen and oxygen atoms in total. The van der Waals surface area contributed by atoms with Gasteiger partial charge < -0.3 is 10.6 Å². The number of aliphatic imine (C=N–C) groups is 1. The van der Waals surface area contributed by atoms with Gasteiger partial charge >= 0.3 is 0 Å². The SMILES string of the molecule is CN=C(NCCc1nnc2ccccn12)NCCC(C)N(C)Cc1ccccc1.I. The molecule has 30 heavy (non-hydrogen) atoms. The van der Waals surface area contributed by atoms with Crippen molar-refractivity contribution in [2.45, 2.75) is 32.4 Å². The van der Waals surface area contributed by atoms with Crippen molar-refractivity contribution in [1.82, 2.24) is 30.1 Å². The number of nitrogens with zero attached hydrogens (tertiary/aromatic N) is 5. The second-order valence-electron chi connectivity index (χ2n) is 7.26. The smallest absolute Gasteiger partial charge is 0.190 e. The summed E-state index contributed by atoms with van der Waals surface area (Å²) in [6.07, 6.45) is 3.81. The molecule has 0 spiro atoms. The second-order valence-corrected chi connectivity index (χ2v) is 7.26. The molecule has 2 heterocycles. The quantitative estimate of drug-likeness (QED) is 0.258. The number of aromatic nitrogens is 3. The Kier molecular flexibility index (Phi) is 10.0. The van der Waals surface area contributed by atoms with Crippen LogP contribution in [0.25, 0.3) is 5.65 Å². The van der Waals surface area contributed by atoms with E-state index in [-0.39, 0.29) is 24.0 Å². The van der Waals surface area contributed by atoms with Gasteiger partial charge in [0.25, 0.3) is 0 Å². The van der Waals surface area contributed by atoms with Gasteiger partial charge in [0.2, 0.25) is 0 Å². The minimum Gasteiger partial charge on any atom is -0.356 e. The molecule has 0 aliphatic carbocycles. The lowest BCUT2D eigenvalue weighted by Gasteiger charge is -2.25. The molecule has 2 aromatic heterocycles. The van der Waals surface area contributed by atoms with Crippen molar-refractivity contribution in [3.8, 4) is 0 Å². The van der Waals surface area contributed by atoms with Crippen molar-refractivity contribution in [3.63, 3.8) is 0 Å². The van der Waals surface area contributed by atoms with Crippen molar-refractivity contribution in [3.05, 3.63) is 66.1 Å². The molecule has 3 rings (SSSR count). The maximum atomic E-state index is 4.32. The van der Waals surface area contributed by atoms with Crippen LogP contribution in [0, 0.1) is 0 Å². The van der Waals surface area contributed by atoms with Crippen molar-refractivity contribution in [2.75, 3.05) is 27.2 Å². The predicted molar refractivity (Wildman–Crippen MR) is 133 cm³/mol. The lowest BCUT2D eigenvalue weighted by Crippen LogP contribution is -2.40. The van der Waals surface area contributed by atoms with Gasteiger partial charge in [-0.15, -0.1) is 34.2 Å². The summed E-state index contributed by atoms with van der Waals surface area (Å²) in [4.78, 5) is 6.70. The van der Waals surface area contributed by atoms with Gasteiger partial charge in [0.05, 0.1) is 0 Å². The summed E-state index contributed by atoms with van der Waals surface area (Å²) in [5.41, 5.74) is 2.21. The normalized spacial score (nSPS) is 12.6. The molecular weight excluding hydrogens is 489 g/mol. The third-order valence-electron chi connectivity index (χ3n) is 5.13. The molecule has 3 aromatic rings. The molecular formula is C22H32IN7. The third kappa shape index (κ3) is 6.94. The van der Waals surface area contributed by atoms with E-state index in [0.29, 0.717) is 6.04 Å². The van der Waals surface area contributed by atoms with Gasteiger partial charge in [0.15, 0.2) is 11.6 Å². The van der Waals surface area contributed by atoms with Gasteiger partial charge in [-0.05, 0) is 38.1 Å². The highest BCUT2D eigenvalue weighted by molar-refractivity contribution is 14.0. The monoisotopic (exact) mass is 521 g/mol. The summed E-state index contributed by atoms with van der Waals surface area (Å²) >= 11 is 0. The van der Waals surface area contributed by atoms with Crippen molar-refractivity contribution in [2.24, 2.45) is 4.99 Å². The fourth-order valence-corrected chi connectivity index (χ4v) is 3.22. The van der Waals surface area contributed by atoms with E-state index < -0.39 is 0 Å². The highest BCUT2D eigenvalue weighted by atomic mass is 127. The standard InChI is InChI=1S/C22H31N7.HI/c1-18(28(3)17-19-9-5-4-6-10-19)12-14-24-22(23-2)25-15-13-21-27-26-20-11-7-8-16-29(20)21;/h4-11,16,18H,12-15,17H2,1-3H3,(H2,23,24,25);1H. The Balaban J connectivity index is 0.00000320. The van der Waals surface area contributed by atoms with Crippen LogP contribution in [0.2, 0.25) is 0 Å². The molecule has 0 amide bonds. The lowest BCUT2D eigenvalue weighted by molar-refractivity contribution is 0.238. The van der Waals surface area contributed by atoms with Gasteiger partial charge in [-0.1, -0.05) is 36.4 Å². The first-order valence-corrected chi connectivity index (χ1v) is 10.1. The molecule has 0 aliphatic rings. The first-order valence-electron chi connectivity index (χ1n) is 10.1. The molecule has 0 saturated heterocycles. The zero-order valence-corrected chi connectivity index (χ0v) is 20.3. The van der Waals surface area contributed by atoms with E-state index in [1.54, 1.807) is 7.05 Å². The first-order chi connectivity index (χ1) is 14.2. The van der Waals surface area contributed by atoms with Crippen LogP contribution in [-0.4, -0.2) is 58.7 Å². The van der Waals surface area contributed by atoms with Crippen LogP contribution in [0.5, 0.6) is 0 Å². The molecule has 162 valence electrons. The average molecular weight is 521 g/mol. The number of guanidine groups is 1. The Hall–Kier alpha value is -2.20. The van der Waals surface area contributed by atoms with Crippen molar-refractivity contribution >= 4 is 35.6 Å². The number of halogens is 1. The number of hydrogen-bond donors (Lipinski definition) is 2. The van der Waals surface area contributed by atoms with Crippen LogP contribution >= 0.6 is 24.0 Å². The number of rotatable bonds is 9. The van der Waals surface area contributed by atoms with Crippen LogP contribution in [0.15, 0.2) is 59.7 Å². The zero-order chi connectivity index (χ0) is 20.5. The van der Waals surface area contributed by atoms with E-state index in [2.05, 4.69) is 75.0 Å². The van der Waals surface area contributed by atoms with Gasteiger partial charge in [-0.25, -0.2) is 0 Å². The lowest BCUT2D eigenvalue weighted by atomic mass is 10.1. The maximum Gasteiger partial charge on any atom is 0.190 e. The summed E-state index contributed by atoms with van der Waals surface area (Å²) in [7, 11) is 3.97. The van der Waals surface area contributed by atoms with E-state index in [1.165, 1.54) is 5.56 Å². The molecule has 1 unspecified atom stereocenters. The van der Waals surface area contributed by atoms with Crippen molar-refractivity contribution < 1.29 is 0 Å². The largest absolute Gasteiger partial charge is 0.356 e. The van der Waals surface area contributed by atoms with Gasteiger partial charge in [-0.2, -0.15) is 0 Å². The number of fused-ring (bicyclic) bond motifs is 1. The maximum absolute atomic E-state index is 4.32. The van der Waals surface area contributed by atoms with E-state index >= 15 is 0 Å². The molecule has 1 atom stereocenters. The molecule has 0 saturated carbocycles. The molecule has 1 aromatic carbocycles. The van der Waals surface area contributed by atoms with Crippen molar-refractivity contribution in [1.29, 1.82) is 0 Å². The van der Waals surface area contributed by atoms with Crippen LogP contribution in [-0.2, 0) is 13.0 Å². The first kappa shape index (κ1) is 24.1. The molecule has 2 N–H and O–H groups in total. The van der Waals surface area contributed by atoms with Gasteiger partial charge in [0, 0.05) is 45.3 Å². The molecule has 8 heteroatoms. The molecule has 0 aliphatic heterocycles.